The second kappa shape index (κ2) is 7.31. The SMILES string of the molecule is COc1ccc(OC)c(CCNc2cccc(C(=O)O)n2)c1. The van der Waals surface area contributed by atoms with Crippen molar-refractivity contribution in [3.05, 3.63) is 47.7 Å². The predicted octanol–water partition coefficient (Wildman–Crippen LogP) is 2.45. The molecule has 1 aromatic heterocycles. The van der Waals surface area contributed by atoms with Crippen LogP contribution in [0.25, 0.3) is 0 Å². The van der Waals surface area contributed by atoms with Crippen LogP contribution in [0, 0.1) is 0 Å². The van der Waals surface area contributed by atoms with E-state index >= 15 is 0 Å². The van der Waals surface area contributed by atoms with Crippen molar-refractivity contribution in [3.8, 4) is 11.5 Å². The molecule has 6 nitrogen and oxygen atoms in total. The van der Waals surface area contributed by atoms with Crippen molar-refractivity contribution < 1.29 is 19.4 Å². The highest BCUT2D eigenvalue weighted by Gasteiger charge is 2.07. The number of ether oxygens (including phenoxy) is 2. The third-order valence-corrected chi connectivity index (χ3v) is 3.16. The van der Waals surface area contributed by atoms with Gasteiger partial charge in [0.05, 0.1) is 14.2 Å². The fourth-order valence-electron chi connectivity index (χ4n) is 2.05. The number of aromatic carboxylic acids is 1. The number of methoxy groups -OCH3 is 2. The van der Waals surface area contributed by atoms with Gasteiger partial charge in [-0.1, -0.05) is 6.07 Å². The van der Waals surface area contributed by atoms with Crippen LogP contribution in [-0.2, 0) is 6.42 Å². The summed E-state index contributed by atoms with van der Waals surface area (Å²) in [6, 6.07) is 10.5. The van der Waals surface area contributed by atoms with Crippen LogP contribution >= 0.6 is 0 Å². The Balaban J connectivity index is 2.01. The lowest BCUT2D eigenvalue weighted by Crippen LogP contribution is -2.09. The molecule has 0 aliphatic heterocycles. The molecule has 0 saturated heterocycles. The van der Waals surface area contributed by atoms with Crippen molar-refractivity contribution in [3.63, 3.8) is 0 Å². The van der Waals surface area contributed by atoms with Crippen molar-refractivity contribution in [1.82, 2.24) is 4.98 Å². The lowest BCUT2D eigenvalue weighted by atomic mass is 10.1. The predicted molar refractivity (Wildman–Crippen MR) is 82.9 cm³/mol. The Morgan fingerprint density at radius 1 is 1.23 bits per heavy atom. The highest BCUT2D eigenvalue weighted by atomic mass is 16.5. The lowest BCUT2D eigenvalue weighted by Gasteiger charge is -2.11. The van der Waals surface area contributed by atoms with Gasteiger partial charge in [0.2, 0.25) is 0 Å². The van der Waals surface area contributed by atoms with E-state index in [1.807, 2.05) is 18.2 Å². The van der Waals surface area contributed by atoms with Crippen LogP contribution in [0.4, 0.5) is 5.82 Å². The zero-order valence-electron chi connectivity index (χ0n) is 12.5. The standard InChI is InChI=1S/C16H18N2O4/c1-21-12-6-7-14(22-2)11(10-12)8-9-17-15-5-3-4-13(18-15)16(19)20/h3-7,10H,8-9H2,1-2H3,(H,17,18)(H,19,20). The molecule has 1 aromatic carbocycles. The van der Waals surface area contributed by atoms with E-state index in [1.165, 1.54) is 6.07 Å². The smallest absolute Gasteiger partial charge is 0.354 e. The van der Waals surface area contributed by atoms with Gasteiger partial charge in [0.1, 0.15) is 17.3 Å². The maximum absolute atomic E-state index is 10.9. The number of nitrogens with one attached hydrogen (secondary N) is 1. The first-order valence-electron chi connectivity index (χ1n) is 6.79. The largest absolute Gasteiger partial charge is 0.497 e. The average Bonchev–Trinajstić information content (AvgIpc) is 2.55. The summed E-state index contributed by atoms with van der Waals surface area (Å²) in [6.07, 6.45) is 0.694. The fourth-order valence-corrected chi connectivity index (χ4v) is 2.05. The number of carboxylic acid groups (broad SMARTS) is 1. The molecular weight excluding hydrogens is 284 g/mol. The highest BCUT2D eigenvalue weighted by Crippen LogP contribution is 2.24. The first kappa shape index (κ1) is 15.6. The number of carboxylic acids is 1. The van der Waals surface area contributed by atoms with Crippen LogP contribution in [0.15, 0.2) is 36.4 Å². The number of rotatable bonds is 7. The highest BCUT2D eigenvalue weighted by molar-refractivity contribution is 5.85. The van der Waals surface area contributed by atoms with Crippen LogP contribution in [0.3, 0.4) is 0 Å². The van der Waals surface area contributed by atoms with Gasteiger partial charge < -0.3 is 19.9 Å². The molecular formula is C16H18N2O4. The van der Waals surface area contributed by atoms with Gasteiger partial charge in [-0.05, 0) is 42.3 Å². The lowest BCUT2D eigenvalue weighted by molar-refractivity contribution is 0.0690. The Kier molecular flexibility index (Phi) is 5.19. The van der Waals surface area contributed by atoms with Crippen molar-refractivity contribution in [2.75, 3.05) is 26.1 Å². The van der Waals surface area contributed by atoms with E-state index in [0.29, 0.717) is 18.8 Å². The topological polar surface area (TPSA) is 80.7 Å². The molecule has 0 atom stereocenters. The summed E-state index contributed by atoms with van der Waals surface area (Å²) in [7, 11) is 3.24. The minimum absolute atomic E-state index is 0.0176. The Labute approximate surface area is 128 Å². The summed E-state index contributed by atoms with van der Waals surface area (Å²) in [5.74, 6) is 1.04. The van der Waals surface area contributed by atoms with Gasteiger partial charge >= 0.3 is 5.97 Å². The molecule has 0 aliphatic rings. The molecule has 0 radical (unpaired) electrons. The molecule has 0 unspecified atom stereocenters. The third kappa shape index (κ3) is 3.88. The van der Waals surface area contributed by atoms with Crippen LogP contribution in [-0.4, -0.2) is 36.8 Å². The Morgan fingerprint density at radius 2 is 2.05 bits per heavy atom. The number of aromatic nitrogens is 1. The van der Waals surface area contributed by atoms with Gasteiger partial charge in [0.25, 0.3) is 0 Å². The molecule has 0 aliphatic carbocycles. The van der Waals surface area contributed by atoms with Crippen LogP contribution < -0.4 is 14.8 Å². The van der Waals surface area contributed by atoms with Gasteiger partial charge in [0.15, 0.2) is 5.69 Å². The summed E-state index contributed by atoms with van der Waals surface area (Å²) in [5, 5.41) is 12.0. The van der Waals surface area contributed by atoms with E-state index in [1.54, 1.807) is 26.4 Å². The third-order valence-electron chi connectivity index (χ3n) is 3.16. The van der Waals surface area contributed by atoms with Crippen LogP contribution in [0.5, 0.6) is 11.5 Å². The van der Waals surface area contributed by atoms with E-state index < -0.39 is 5.97 Å². The van der Waals surface area contributed by atoms with E-state index in [-0.39, 0.29) is 5.69 Å². The quantitative estimate of drug-likeness (QED) is 0.817. The van der Waals surface area contributed by atoms with Gasteiger partial charge in [-0.3, -0.25) is 0 Å². The molecule has 0 spiro atoms. The molecule has 116 valence electrons. The zero-order chi connectivity index (χ0) is 15.9. The molecule has 1 heterocycles. The zero-order valence-corrected chi connectivity index (χ0v) is 12.5. The van der Waals surface area contributed by atoms with Crippen LogP contribution in [0.1, 0.15) is 16.1 Å². The number of hydrogen-bond acceptors (Lipinski definition) is 5. The van der Waals surface area contributed by atoms with Gasteiger partial charge in [-0.2, -0.15) is 0 Å². The van der Waals surface area contributed by atoms with Crippen molar-refractivity contribution in [2.45, 2.75) is 6.42 Å². The summed E-state index contributed by atoms with van der Waals surface area (Å²) in [6.45, 7) is 0.597. The Morgan fingerprint density at radius 3 is 2.73 bits per heavy atom. The molecule has 6 heteroatoms. The first-order chi connectivity index (χ1) is 10.6. The molecule has 22 heavy (non-hydrogen) atoms. The molecule has 2 N–H and O–H groups in total. The number of pyridine rings is 1. The van der Waals surface area contributed by atoms with Gasteiger partial charge in [-0.15, -0.1) is 0 Å². The minimum atomic E-state index is -1.04. The van der Waals surface area contributed by atoms with Crippen molar-refractivity contribution in [2.24, 2.45) is 0 Å². The molecule has 0 bridgehead atoms. The van der Waals surface area contributed by atoms with Crippen molar-refractivity contribution >= 4 is 11.8 Å². The Hall–Kier alpha value is -2.76. The number of nitrogens with zero attached hydrogens (tertiary/aromatic N) is 1. The maximum atomic E-state index is 10.9. The molecule has 2 rings (SSSR count). The van der Waals surface area contributed by atoms with Crippen molar-refractivity contribution in [1.29, 1.82) is 0 Å². The van der Waals surface area contributed by atoms with E-state index in [2.05, 4.69) is 10.3 Å². The number of hydrogen-bond donors (Lipinski definition) is 2. The minimum Gasteiger partial charge on any atom is -0.497 e. The number of benzene rings is 1. The molecule has 0 amide bonds. The second-order valence-corrected chi connectivity index (χ2v) is 4.57. The van der Waals surface area contributed by atoms with Crippen LogP contribution in [0.2, 0.25) is 0 Å². The summed E-state index contributed by atoms with van der Waals surface area (Å²) in [4.78, 5) is 14.9. The second-order valence-electron chi connectivity index (χ2n) is 4.57. The fraction of sp³-hybridized carbons (Fsp3) is 0.250. The molecule has 0 saturated carbocycles. The summed E-state index contributed by atoms with van der Waals surface area (Å²) < 4.78 is 10.5. The first-order valence-corrected chi connectivity index (χ1v) is 6.79. The normalized spacial score (nSPS) is 10.1. The number of carbonyl (C=O) groups is 1. The average molecular weight is 302 g/mol. The molecule has 0 fully saturated rings. The van der Waals surface area contributed by atoms with E-state index in [4.69, 9.17) is 14.6 Å². The van der Waals surface area contributed by atoms with E-state index in [0.717, 1.165) is 17.1 Å². The molecule has 2 aromatic rings. The van der Waals surface area contributed by atoms with E-state index in [9.17, 15) is 4.79 Å². The maximum Gasteiger partial charge on any atom is 0.354 e. The van der Waals surface area contributed by atoms with Gasteiger partial charge in [-0.25, -0.2) is 9.78 Å². The summed E-state index contributed by atoms with van der Waals surface area (Å²) >= 11 is 0. The number of anilines is 1. The Bertz CT molecular complexity index is 658. The monoisotopic (exact) mass is 302 g/mol. The summed E-state index contributed by atoms with van der Waals surface area (Å²) in [5.41, 5.74) is 1.02. The van der Waals surface area contributed by atoms with Gasteiger partial charge in [0, 0.05) is 6.54 Å².